The third-order valence-corrected chi connectivity index (χ3v) is 5.30. The number of phenolic OH excluding ortho intramolecular Hbond substituents is 1. The number of carbonyl (C=O) groups is 2. The molecule has 0 radical (unpaired) electrons. The van der Waals surface area contributed by atoms with Gasteiger partial charge in [-0.15, -0.1) is 5.01 Å². The van der Waals surface area contributed by atoms with Crippen LogP contribution < -0.4 is 10.2 Å². The number of benzene rings is 1. The summed E-state index contributed by atoms with van der Waals surface area (Å²) in [5.74, 6) is -0.227. The van der Waals surface area contributed by atoms with Gasteiger partial charge in [-0.1, -0.05) is 19.3 Å². The molecule has 3 amide bonds. The summed E-state index contributed by atoms with van der Waals surface area (Å²) in [6, 6.07) is 4.81. The highest BCUT2D eigenvalue weighted by atomic mass is 16.3. The number of hydrogen-bond acceptors (Lipinski definition) is 5. The fraction of sp³-hybridized carbons (Fsp3) is 0.526. The molecule has 0 bridgehead atoms. The molecule has 0 atom stereocenters. The number of amides is 3. The summed E-state index contributed by atoms with van der Waals surface area (Å²) in [6.07, 6.45) is 5.62. The first-order valence-electron chi connectivity index (χ1n) is 9.29. The maximum atomic E-state index is 12.7. The van der Waals surface area contributed by atoms with Crippen molar-refractivity contribution >= 4 is 23.8 Å². The highest BCUT2D eigenvalue weighted by Crippen LogP contribution is 2.33. The standard InChI is InChI=1S/C19H26N4O3/c1-3-22(4-2)15-9-8-14(16(24)12-15)13-20-23-17(25)19(21-18(23)26)10-6-5-7-11-19/h8-9,12-13,24H,3-7,10-11H2,1-2H3,(H,21,26)/b20-13-. The Kier molecular flexibility index (Phi) is 5.15. The number of nitrogens with one attached hydrogen (secondary N) is 1. The lowest BCUT2D eigenvalue weighted by Gasteiger charge is -2.29. The Bertz CT molecular complexity index is 721. The zero-order valence-electron chi connectivity index (χ0n) is 15.4. The van der Waals surface area contributed by atoms with Crippen LogP contribution >= 0.6 is 0 Å². The predicted molar refractivity (Wildman–Crippen MR) is 100 cm³/mol. The average molecular weight is 358 g/mol. The smallest absolute Gasteiger partial charge is 0.346 e. The Hall–Kier alpha value is -2.57. The molecule has 26 heavy (non-hydrogen) atoms. The van der Waals surface area contributed by atoms with Gasteiger partial charge in [-0.05, 0) is 38.8 Å². The number of rotatable bonds is 5. The third kappa shape index (κ3) is 3.25. The SMILES string of the molecule is CCN(CC)c1ccc(/C=N\N2C(=O)NC3(CCCCC3)C2=O)c(O)c1. The van der Waals surface area contributed by atoms with E-state index in [1.165, 1.54) is 6.21 Å². The lowest BCUT2D eigenvalue weighted by atomic mass is 9.82. The van der Waals surface area contributed by atoms with Crippen molar-refractivity contribution < 1.29 is 14.7 Å². The van der Waals surface area contributed by atoms with Gasteiger partial charge in [-0.25, -0.2) is 4.79 Å². The van der Waals surface area contributed by atoms with Crippen molar-refractivity contribution in [3.05, 3.63) is 23.8 Å². The van der Waals surface area contributed by atoms with E-state index < -0.39 is 11.6 Å². The van der Waals surface area contributed by atoms with Gasteiger partial charge in [0.25, 0.3) is 5.91 Å². The maximum Gasteiger partial charge on any atom is 0.346 e. The summed E-state index contributed by atoms with van der Waals surface area (Å²) >= 11 is 0. The van der Waals surface area contributed by atoms with E-state index in [1.54, 1.807) is 12.1 Å². The molecule has 3 rings (SSSR count). The molecule has 7 heteroatoms. The van der Waals surface area contributed by atoms with Crippen LogP contribution in [0.1, 0.15) is 51.5 Å². The van der Waals surface area contributed by atoms with Crippen LogP contribution in [0, 0.1) is 0 Å². The van der Waals surface area contributed by atoms with Crippen LogP contribution in [0.25, 0.3) is 0 Å². The predicted octanol–water partition coefficient (Wildman–Crippen LogP) is 2.83. The minimum atomic E-state index is -0.790. The molecule has 7 nitrogen and oxygen atoms in total. The Labute approximate surface area is 153 Å². The summed E-state index contributed by atoms with van der Waals surface area (Å²) in [4.78, 5) is 27.0. The number of imide groups is 1. The summed E-state index contributed by atoms with van der Waals surface area (Å²) in [5, 5.41) is 18.0. The fourth-order valence-corrected chi connectivity index (χ4v) is 3.75. The van der Waals surface area contributed by atoms with Gasteiger partial charge >= 0.3 is 6.03 Å². The molecule has 1 aromatic rings. The molecule has 2 fully saturated rings. The highest BCUT2D eigenvalue weighted by molar-refractivity contribution is 6.07. The van der Waals surface area contributed by atoms with Crippen molar-refractivity contribution in [2.75, 3.05) is 18.0 Å². The molecular weight excluding hydrogens is 332 g/mol. The number of aromatic hydroxyl groups is 1. The third-order valence-electron chi connectivity index (χ3n) is 5.30. The molecule has 1 saturated heterocycles. The van der Waals surface area contributed by atoms with Gasteiger partial charge in [-0.3, -0.25) is 4.79 Å². The van der Waals surface area contributed by atoms with E-state index in [1.807, 2.05) is 6.07 Å². The highest BCUT2D eigenvalue weighted by Gasteiger charge is 2.51. The van der Waals surface area contributed by atoms with Gasteiger partial charge in [0, 0.05) is 30.4 Å². The first-order chi connectivity index (χ1) is 12.5. The molecule has 1 aliphatic heterocycles. The summed E-state index contributed by atoms with van der Waals surface area (Å²) < 4.78 is 0. The van der Waals surface area contributed by atoms with Crippen LogP contribution in [0.2, 0.25) is 0 Å². The van der Waals surface area contributed by atoms with Crippen LogP contribution in [-0.4, -0.2) is 46.9 Å². The van der Waals surface area contributed by atoms with Crippen molar-refractivity contribution in [1.29, 1.82) is 0 Å². The number of carbonyl (C=O) groups excluding carboxylic acids is 2. The first-order valence-corrected chi connectivity index (χ1v) is 9.29. The minimum absolute atomic E-state index is 0.0672. The van der Waals surface area contributed by atoms with Crippen molar-refractivity contribution in [3.8, 4) is 5.75 Å². The molecule has 1 heterocycles. The summed E-state index contributed by atoms with van der Waals surface area (Å²) in [6.45, 7) is 5.78. The molecule has 1 aliphatic carbocycles. The van der Waals surface area contributed by atoms with Gasteiger partial charge < -0.3 is 15.3 Å². The van der Waals surface area contributed by atoms with Crippen molar-refractivity contribution in [2.24, 2.45) is 5.10 Å². The fourth-order valence-electron chi connectivity index (χ4n) is 3.75. The van der Waals surface area contributed by atoms with Crippen LogP contribution in [0.4, 0.5) is 10.5 Å². The zero-order chi connectivity index (χ0) is 18.7. The molecule has 1 aromatic carbocycles. The molecule has 1 spiro atoms. The van der Waals surface area contributed by atoms with Crippen molar-refractivity contribution in [3.63, 3.8) is 0 Å². The van der Waals surface area contributed by atoms with Crippen LogP contribution in [0.3, 0.4) is 0 Å². The molecular formula is C19H26N4O3. The normalized spacial score (nSPS) is 19.4. The first kappa shape index (κ1) is 18.2. The van der Waals surface area contributed by atoms with E-state index >= 15 is 0 Å². The Morgan fingerprint density at radius 3 is 2.54 bits per heavy atom. The van der Waals surface area contributed by atoms with E-state index in [-0.39, 0.29) is 11.7 Å². The maximum absolute atomic E-state index is 12.7. The molecule has 1 saturated carbocycles. The molecule has 0 aromatic heterocycles. The van der Waals surface area contributed by atoms with Crippen molar-refractivity contribution in [2.45, 2.75) is 51.5 Å². The van der Waals surface area contributed by atoms with Gasteiger partial charge in [0.1, 0.15) is 11.3 Å². The summed E-state index contributed by atoms with van der Waals surface area (Å²) in [5.41, 5.74) is 0.591. The quantitative estimate of drug-likeness (QED) is 0.626. The number of hydrazone groups is 1. The largest absolute Gasteiger partial charge is 0.507 e. The minimum Gasteiger partial charge on any atom is -0.507 e. The second-order valence-electron chi connectivity index (χ2n) is 6.85. The monoisotopic (exact) mass is 358 g/mol. The Balaban J connectivity index is 1.77. The Morgan fingerprint density at radius 2 is 1.92 bits per heavy atom. The molecule has 140 valence electrons. The lowest BCUT2D eigenvalue weighted by Crippen LogP contribution is -2.48. The van der Waals surface area contributed by atoms with Crippen LogP contribution in [0.5, 0.6) is 5.75 Å². The second-order valence-corrected chi connectivity index (χ2v) is 6.85. The van der Waals surface area contributed by atoms with Gasteiger partial charge in [0.15, 0.2) is 0 Å². The number of nitrogens with zero attached hydrogens (tertiary/aromatic N) is 3. The van der Waals surface area contributed by atoms with Gasteiger partial charge in [0.2, 0.25) is 0 Å². The summed E-state index contributed by atoms with van der Waals surface area (Å²) in [7, 11) is 0. The van der Waals surface area contributed by atoms with Gasteiger partial charge in [0.05, 0.1) is 6.21 Å². The molecule has 2 aliphatic rings. The van der Waals surface area contributed by atoms with E-state index in [4.69, 9.17) is 0 Å². The van der Waals surface area contributed by atoms with E-state index in [2.05, 4.69) is 29.2 Å². The van der Waals surface area contributed by atoms with Crippen LogP contribution in [0.15, 0.2) is 23.3 Å². The van der Waals surface area contributed by atoms with Gasteiger partial charge in [-0.2, -0.15) is 5.10 Å². The molecule has 2 N–H and O–H groups in total. The van der Waals surface area contributed by atoms with E-state index in [9.17, 15) is 14.7 Å². The molecule has 0 unspecified atom stereocenters. The zero-order valence-corrected chi connectivity index (χ0v) is 15.4. The van der Waals surface area contributed by atoms with E-state index in [0.717, 1.165) is 43.0 Å². The average Bonchev–Trinajstić information content (AvgIpc) is 2.86. The Morgan fingerprint density at radius 1 is 1.23 bits per heavy atom. The van der Waals surface area contributed by atoms with Crippen molar-refractivity contribution in [1.82, 2.24) is 10.3 Å². The number of urea groups is 1. The topological polar surface area (TPSA) is 85.2 Å². The van der Waals surface area contributed by atoms with E-state index in [0.29, 0.717) is 18.4 Å². The number of phenols is 1. The second kappa shape index (κ2) is 7.35. The van der Waals surface area contributed by atoms with Crippen LogP contribution in [-0.2, 0) is 4.79 Å². The number of anilines is 1. The number of hydrogen-bond donors (Lipinski definition) is 2. The lowest BCUT2D eigenvalue weighted by molar-refractivity contribution is -0.132.